The normalized spacial score (nSPS) is 18.5. The fourth-order valence-corrected chi connectivity index (χ4v) is 4.76. The van der Waals surface area contributed by atoms with Crippen LogP contribution in [0.4, 0.5) is 0 Å². The Morgan fingerprint density at radius 3 is 1.67 bits per heavy atom. The first kappa shape index (κ1) is 27.8. The van der Waals surface area contributed by atoms with Gasteiger partial charge in [0.2, 0.25) is 0 Å². The lowest BCUT2D eigenvalue weighted by molar-refractivity contribution is -0.411. The molecule has 1 fully saturated rings. The number of hydrogen-bond acceptors (Lipinski definition) is 5. The Bertz CT molecular complexity index is 387. The molecule has 2 atom stereocenters. The van der Waals surface area contributed by atoms with Crippen LogP contribution in [0.15, 0.2) is 0 Å². The van der Waals surface area contributed by atoms with Gasteiger partial charge >= 0.3 is 0 Å². The van der Waals surface area contributed by atoms with Crippen molar-refractivity contribution in [3.8, 4) is 0 Å². The fraction of sp³-hybridized carbons (Fsp3) is 1.00. The predicted molar refractivity (Wildman–Crippen MR) is 123 cm³/mol. The van der Waals surface area contributed by atoms with Gasteiger partial charge in [-0.05, 0) is 25.7 Å². The van der Waals surface area contributed by atoms with Crippen molar-refractivity contribution < 1.29 is 23.7 Å². The molecule has 0 saturated carbocycles. The molecule has 1 aliphatic rings. The zero-order valence-electron chi connectivity index (χ0n) is 20.6. The molecule has 1 heterocycles. The standard InChI is InChI=1S/C25H50O5/c1-6-8-10-12-13-15-18-24(17-14-11-9-7-2,25(26-3,27-4)28-5)19-16-20-29-21-23-22-30-23/h23H,6-22H2,1-5H3. The Balaban J connectivity index is 2.78. The van der Waals surface area contributed by atoms with E-state index in [-0.39, 0.29) is 5.41 Å². The van der Waals surface area contributed by atoms with Gasteiger partial charge in [-0.3, -0.25) is 0 Å². The van der Waals surface area contributed by atoms with E-state index in [2.05, 4.69) is 13.8 Å². The van der Waals surface area contributed by atoms with Crippen molar-refractivity contribution >= 4 is 0 Å². The molecule has 0 N–H and O–H groups in total. The number of hydrogen-bond donors (Lipinski definition) is 0. The second kappa shape index (κ2) is 16.4. The van der Waals surface area contributed by atoms with E-state index >= 15 is 0 Å². The average Bonchev–Trinajstić information content (AvgIpc) is 3.59. The molecule has 5 heteroatoms. The molecular formula is C25H50O5. The molecule has 0 aromatic carbocycles. The summed E-state index contributed by atoms with van der Waals surface area (Å²) in [5.74, 6) is -0.998. The summed E-state index contributed by atoms with van der Waals surface area (Å²) in [5, 5.41) is 0. The fourth-order valence-electron chi connectivity index (χ4n) is 4.76. The van der Waals surface area contributed by atoms with Crippen LogP contribution in [-0.4, -0.2) is 53.2 Å². The van der Waals surface area contributed by atoms with Crippen molar-refractivity contribution in [2.75, 3.05) is 41.2 Å². The average molecular weight is 431 g/mol. The van der Waals surface area contributed by atoms with Crippen molar-refractivity contribution in [1.29, 1.82) is 0 Å². The predicted octanol–water partition coefficient (Wildman–Crippen LogP) is 6.48. The molecule has 0 aromatic heterocycles. The van der Waals surface area contributed by atoms with E-state index in [1.165, 1.54) is 64.2 Å². The van der Waals surface area contributed by atoms with Crippen LogP contribution in [0.2, 0.25) is 0 Å². The zero-order valence-corrected chi connectivity index (χ0v) is 20.6. The summed E-state index contributed by atoms with van der Waals surface area (Å²) in [4.78, 5) is 0. The number of unbranched alkanes of at least 4 members (excludes halogenated alkanes) is 8. The highest BCUT2D eigenvalue weighted by atomic mass is 16.9. The van der Waals surface area contributed by atoms with Crippen LogP contribution in [0.1, 0.15) is 104 Å². The lowest BCUT2D eigenvalue weighted by Gasteiger charge is -2.47. The van der Waals surface area contributed by atoms with Gasteiger partial charge in [-0.2, -0.15) is 0 Å². The molecule has 0 amide bonds. The maximum atomic E-state index is 5.95. The molecule has 0 aromatic rings. The molecule has 0 bridgehead atoms. The molecule has 180 valence electrons. The van der Waals surface area contributed by atoms with Gasteiger partial charge in [-0.25, -0.2) is 0 Å². The summed E-state index contributed by atoms with van der Waals surface area (Å²) in [7, 11) is 5.15. The topological polar surface area (TPSA) is 49.5 Å². The lowest BCUT2D eigenvalue weighted by atomic mass is 9.71. The van der Waals surface area contributed by atoms with Crippen LogP contribution in [0.25, 0.3) is 0 Å². The molecule has 5 nitrogen and oxygen atoms in total. The Hall–Kier alpha value is -0.200. The van der Waals surface area contributed by atoms with Crippen molar-refractivity contribution in [3.63, 3.8) is 0 Å². The third kappa shape index (κ3) is 9.52. The molecule has 30 heavy (non-hydrogen) atoms. The number of epoxide rings is 1. The highest BCUT2D eigenvalue weighted by molar-refractivity contribution is 4.89. The van der Waals surface area contributed by atoms with Crippen molar-refractivity contribution in [2.24, 2.45) is 5.41 Å². The minimum atomic E-state index is -0.998. The van der Waals surface area contributed by atoms with Crippen molar-refractivity contribution in [3.05, 3.63) is 0 Å². The third-order valence-electron chi connectivity index (χ3n) is 6.62. The summed E-state index contributed by atoms with van der Waals surface area (Å²) in [6, 6.07) is 0. The molecule has 0 radical (unpaired) electrons. The Labute approximate surface area is 186 Å². The van der Waals surface area contributed by atoms with Gasteiger partial charge in [0.15, 0.2) is 0 Å². The summed E-state index contributed by atoms with van der Waals surface area (Å²) >= 11 is 0. The Kier molecular flexibility index (Phi) is 15.2. The lowest BCUT2D eigenvalue weighted by Crippen LogP contribution is -2.53. The molecule has 1 rings (SSSR count). The third-order valence-corrected chi connectivity index (χ3v) is 6.62. The van der Waals surface area contributed by atoms with E-state index < -0.39 is 5.97 Å². The van der Waals surface area contributed by atoms with Crippen molar-refractivity contribution in [2.45, 2.75) is 116 Å². The minimum absolute atomic E-state index is 0.164. The van der Waals surface area contributed by atoms with Crippen LogP contribution < -0.4 is 0 Å². The number of ether oxygens (including phenoxy) is 5. The smallest absolute Gasteiger partial charge is 0.288 e. The second-order valence-electron chi connectivity index (χ2n) is 8.91. The van der Waals surface area contributed by atoms with E-state index in [0.717, 1.165) is 38.9 Å². The van der Waals surface area contributed by atoms with Gasteiger partial charge in [-0.1, -0.05) is 78.1 Å². The quantitative estimate of drug-likeness (QED) is 0.112. The SMILES string of the molecule is CCCCCCCCC(CCCCCC)(CCCOCC1CO1)C(OC)(OC)OC. The monoisotopic (exact) mass is 430 g/mol. The van der Waals surface area contributed by atoms with Crippen LogP contribution in [0.5, 0.6) is 0 Å². The zero-order chi connectivity index (χ0) is 22.1. The van der Waals surface area contributed by atoms with Gasteiger partial charge < -0.3 is 23.7 Å². The van der Waals surface area contributed by atoms with Crippen LogP contribution in [-0.2, 0) is 23.7 Å². The largest absolute Gasteiger partial charge is 0.379 e. The maximum Gasteiger partial charge on any atom is 0.288 e. The van der Waals surface area contributed by atoms with Crippen LogP contribution in [0, 0.1) is 5.41 Å². The van der Waals surface area contributed by atoms with Crippen LogP contribution in [0.3, 0.4) is 0 Å². The summed E-state index contributed by atoms with van der Waals surface area (Å²) in [6.45, 7) is 6.84. The molecule has 1 saturated heterocycles. The number of methoxy groups -OCH3 is 3. The molecule has 0 spiro atoms. The van der Waals surface area contributed by atoms with Crippen LogP contribution >= 0.6 is 0 Å². The highest BCUT2D eigenvalue weighted by Gasteiger charge is 2.52. The van der Waals surface area contributed by atoms with Gasteiger partial charge in [0.1, 0.15) is 6.10 Å². The number of rotatable bonds is 22. The summed E-state index contributed by atoms with van der Waals surface area (Å²) in [5.41, 5.74) is -0.164. The van der Waals surface area contributed by atoms with Gasteiger partial charge in [0.05, 0.1) is 18.6 Å². The van der Waals surface area contributed by atoms with Gasteiger partial charge in [-0.15, -0.1) is 0 Å². The molecule has 2 unspecified atom stereocenters. The van der Waals surface area contributed by atoms with E-state index in [1.807, 2.05) is 0 Å². The maximum absolute atomic E-state index is 5.95. The second-order valence-corrected chi connectivity index (χ2v) is 8.91. The van der Waals surface area contributed by atoms with Crippen molar-refractivity contribution in [1.82, 2.24) is 0 Å². The first-order chi connectivity index (χ1) is 14.6. The first-order valence-corrected chi connectivity index (χ1v) is 12.5. The minimum Gasteiger partial charge on any atom is -0.379 e. The summed E-state index contributed by atoms with van der Waals surface area (Å²) < 4.78 is 28.9. The molecular weight excluding hydrogens is 380 g/mol. The summed E-state index contributed by atoms with van der Waals surface area (Å²) in [6.07, 6.45) is 17.1. The van der Waals surface area contributed by atoms with E-state index in [1.54, 1.807) is 21.3 Å². The van der Waals surface area contributed by atoms with E-state index in [9.17, 15) is 0 Å². The highest BCUT2D eigenvalue weighted by Crippen LogP contribution is 2.48. The Morgan fingerprint density at radius 2 is 1.17 bits per heavy atom. The molecule has 0 aliphatic carbocycles. The van der Waals surface area contributed by atoms with Gasteiger partial charge in [0, 0.05) is 27.9 Å². The molecule has 1 aliphatic heterocycles. The Morgan fingerprint density at radius 1 is 0.700 bits per heavy atom. The van der Waals surface area contributed by atoms with Gasteiger partial charge in [0.25, 0.3) is 5.97 Å². The van der Waals surface area contributed by atoms with E-state index in [0.29, 0.717) is 12.7 Å². The van der Waals surface area contributed by atoms with E-state index in [4.69, 9.17) is 23.7 Å². The first-order valence-electron chi connectivity index (χ1n) is 12.5.